The Morgan fingerprint density at radius 1 is 1.50 bits per heavy atom. The predicted octanol–water partition coefficient (Wildman–Crippen LogP) is -0.983. The zero-order chi connectivity index (χ0) is 6.08. The van der Waals surface area contributed by atoms with Crippen LogP contribution in [-0.2, 0) is 4.79 Å². The number of rotatable bonds is 1. The monoisotopic (exact) mass is 122 g/mol. The second kappa shape index (κ2) is 2.64. The maximum Gasteiger partial charge on any atom is 0.335 e. The molecule has 0 bridgehead atoms. The Balaban J connectivity index is 0. The van der Waals surface area contributed by atoms with Crippen molar-refractivity contribution in [3.8, 4) is 0 Å². The highest BCUT2D eigenvalue weighted by Crippen LogP contribution is 1.97. The summed E-state index contributed by atoms with van der Waals surface area (Å²) < 4.78 is 0. The summed E-state index contributed by atoms with van der Waals surface area (Å²) in [6.45, 7) is 2.44. The molecule has 0 aromatic heterocycles. The molecule has 0 aliphatic rings. The highest BCUT2D eigenvalue weighted by Gasteiger charge is 2.21. The minimum absolute atomic E-state index is 0. The van der Waals surface area contributed by atoms with Crippen molar-refractivity contribution in [2.24, 2.45) is 0 Å². The molecule has 0 radical (unpaired) electrons. The van der Waals surface area contributed by atoms with Crippen molar-refractivity contribution in [3.05, 3.63) is 0 Å². The zero-order valence-corrected chi connectivity index (χ0v) is 4.80. The first kappa shape index (κ1) is 10.4. The van der Waals surface area contributed by atoms with Gasteiger partial charge in [-0.2, -0.15) is 0 Å². The van der Waals surface area contributed by atoms with Crippen LogP contribution in [0.1, 0.15) is 13.8 Å². The summed E-state index contributed by atoms with van der Waals surface area (Å²) >= 11 is 0. The molecule has 0 aliphatic heterocycles. The molecule has 4 heteroatoms. The molecule has 0 atom stereocenters. The maximum atomic E-state index is 9.77. The Hall–Kier alpha value is -0.610. The number of carboxylic acid groups (broad SMARTS) is 1. The Bertz CT molecular complexity index is 80.5. The van der Waals surface area contributed by atoms with E-state index in [4.69, 9.17) is 10.2 Å². The summed E-state index contributed by atoms with van der Waals surface area (Å²) in [7, 11) is 0. The largest absolute Gasteiger partial charge is 0.479 e. The summed E-state index contributed by atoms with van der Waals surface area (Å²) in [5.74, 6) is -1.20. The number of hydrogen-bond donors (Lipinski definition) is 2. The highest BCUT2D eigenvalue weighted by atomic mass is 16.4. The molecule has 0 aromatic rings. The van der Waals surface area contributed by atoms with Gasteiger partial charge in [0, 0.05) is 0 Å². The van der Waals surface area contributed by atoms with Gasteiger partial charge in [-0.05, 0) is 13.8 Å². The first-order valence-corrected chi connectivity index (χ1v) is 1.90. The maximum absolute atomic E-state index is 9.77. The minimum Gasteiger partial charge on any atom is -0.479 e. The summed E-state index contributed by atoms with van der Waals surface area (Å²) in [5, 5.41) is 16.5. The Labute approximate surface area is 47.1 Å². The molecule has 0 spiro atoms. The zero-order valence-electron chi connectivity index (χ0n) is 4.80. The van der Waals surface area contributed by atoms with Crippen LogP contribution in [0.5, 0.6) is 0 Å². The molecule has 4 N–H and O–H groups in total. The van der Waals surface area contributed by atoms with Crippen LogP contribution >= 0.6 is 0 Å². The van der Waals surface area contributed by atoms with Crippen molar-refractivity contribution < 1.29 is 20.5 Å². The van der Waals surface area contributed by atoms with Crippen LogP contribution in [0.2, 0.25) is 0 Å². The number of carbonyl (C=O) groups is 1. The van der Waals surface area contributed by atoms with Gasteiger partial charge in [-0.1, -0.05) is 0 Å². The number of aliphatic carboxylic acids is 1. The van der Waals surface area contributed by atoms with Gasteiger partial charge in [-0.3, -0.25) is 0 Å². The van der Waals surface area contributed by atoms with Crippen LogP contribution in [0.3, 0.4) is 0 Å². The van der Waals surface area contributed by atoms with E-state index in [9.17, 15) is 4.79 Å². The average Bonchev–Trinajstić information content (AvgIpc) is 1.31. The molecule has 0 saturated heterocycles. The molecule has 0 heterocycles. The molecule has 0 saturated carbocycles. The topological polar surface area (TPSA) is 89.0 Å². The normalized spacial score (nSPS) is 9.88. The number of hydrogen-bond acceptors (Lipinski definition) is 2. The van der Waals surface area contributed by atoms with E-state index < -0.39 is 11.6 Å². The third-order valence-electron chi connectivity index (χ3n) is 0.523. The fraction of sp³-hybridized carbons (Fsp3) is 0.750. The predicted molar refractivity (Wildman–Crippen MR) is 27.5 cm³/mol. The van der Waals surface area contributed by atoms with Crippen LogP contribution in [-0.4, -0.2) is 27.3 Å². The standard InChI is InChI=1S/C4H8O3.H2O/c1-4(2,7)3(5)6;/h7H,1-2H3,(H,5,6);1H2. The Morgan fingerprint density at radius 2 is 1.62 bits per heavy atom. The third kappa shape index (κ3) is 3.58. The molecular weight excluding hydrogens is 112 g/mol. The van der Waals surface area contributed by atoms with Crippen molar-refractivity contribution in [2.75, 3.05) is 0 Å². The first-order valence-electron chi connectivity index (χ1n) is 1.90. The van der Waals surface area contributed by atoms with Crippen LogP contribution in [0.25, 0.3) is 0 Å². The van der Waals surface area contributed by atoms with Gasteiger partial charge < -0.3 is 15.7 Å². The lowest BCUT2D eigenvalue weighted by atomic mass is 10.1. The van der Waals surface area contributed by atoms with Crippen molar-refractivity contribution in [3.63, 3.8) is 0 Å². The van der Waals surface area contributed by atoms with Crippen LogP contribution < -0.4 is 0 Å². The number of carboxylic acids is 1. The summed E-state index contributed by atoms with van der Waals surface area (Å²) in [6.07, 6.45) is 0. The lowest BCUT2D eigenvalue weighted by molar-refractivity contribution is -0.154. The van der Waals surface area contributed by atoms with E-state index in [0.717, 1.165) is 0 Å². The quantitative estimate of drug-likeness (QED) is 0.468. The van der Waals surface area contributed by atoms with Crippen LogP contribution in [0.15, 0.2) is 0 Å². The van der Waals surface area contributed by atoms with Gasteiger partial charge in [0.2, 0.25) is 0 Å². The summed E-state index contributed by atoms with van der Waals surface area (Å²) in [5.41, 5.74) is -1.58. The van der Waals surface area contributed by atoms with E-state index in [1.807, 2.05) is 0 Å². The lowest BCUT2D eigenvalue weighted by Gasteiger charge is -2.07. The SMILES string of the molecule is CC(C)(O)C(=O)O.O. The highest BCUT2D eigenvalue weighted by molar-refractivity contribution is 5.75. The fourth-order valence-corrected chi connectivity index (χ4v) is 0. The van der Waals surface area contributed by atoms with Crippen molar-refractivity contribution in [1.29, 1.82) is 0 Å². The van der Waals surface area contributed by atoms with Gasteiger partial charge in [0.05, 0.1) is 0 Å². The molecule has 50 valence electrons. The van der Waals surface area contributed by atoms with Gasteiger partial charge in [0.15, 0.2) is 5.60 Å². The fourth-order valence-electron chi connectivity index (χ4n) is 0. The van der Waals surface area contributed by atoms with Crippen LogP contribution in [0, 0.1) is 0 Å². The Kier molecular flexibility index (Phi) is 3.42. The van der Waals surface area contributed by atoms with Gasteiger partial charge in [0.25, 0.3) is 0 Å². The minimum atomic E-state index is -1.58. The van der Waals surface area contributed by atoms with Gasteiger partial charge in [-0.15, -0.1) is 0 Å². The average molecular weight is 122 g/mol. The third-order valence-corrected chi connectivity index (χ3v) is 0.523. The molecule has 0 rings (SSSR count). The van der Waals surface area contributed by atoms with E-state index in [1.165, 1.54) is 13.8 Å². The van der Waals surface area contributed by atoms with Crippen molar-refractivity contribution >= 4 is 5.97 Å². The molecule has 0 amide bonds. The summed E-state index contributed by atoms with van der Waals surface area (Å²) in [6, 6.07) is 0. The van der Waals surface area contributed by atoms with E-state index >= 15 is 0 Å². The molecule has 8 heavy (non-hydrogen) atoms. The molecular formula is C4H10O4. The molecule has 0 unspecified atom stereocenters. The second-order valence-electron chi connectivity index (χ2n) is 1.86. The first-order chi connectivity index (χ1) is 2.94. The van der Waals surface area contributed by atoms with E-state index in [2.05, 4.69) is 0 Å². The van der Waals surface area contributed by atoms with Gasteiger partial charge in [-0.25, -0.2) is 4.79 Å². The second-order valence-corrected chi connectivity index (χ2v) is 1.86. The lowest BCUT2D eigenvalue weighted by Crippen LogP contribution is -2.30. The Morgan fingerprint density at radius 3 is 1.62 bits per heavy atom. The smallest absolute Gasteiger partial charge is 0.335 e. The molecule has 0 aromatic carbocycles. The summed E-state index contributed by atoms with van der Waals surface area (Å²) in [4.78, 5) is 9.77. The van der Waals surface area contributed by atoms with E-state index in [1.54, 1.807) is 0 Å². The van der Waals surface area contributed by atoms with Gasteiger partial charge >= 0.3 is 5.97 Å². The van der Waals surface area contributed by atoms with E-state index in [-0.39, 0.29) is 5.48 Å². The van der Waals surface area contributed by atoms with Crippen LogP contribution in [0.4, 0.5) is 0 Å². The molecule has 0 aliphatic carbocycles. The molecule has 4 nitrogen and oxygen atoms in total. The van der Waals surface area contributed by atoms with E-state index in [0.29, 0.717) is 0 Å². The van der Waals surface area contributed by atoms with Crippen molar-refractivity contribution in [2.45, 2.75) is 19.4 Å². The number of aliphatic hydroxyl groups is 1. The molecule has 0 fully saturated rings. The van der Waals surface area contributed by atoms with Gasteiger partial charge in [0.1, 0.15) is 0 Å². The van der Waals surface area contributed by atoms with Crippen molar-refractivity contribution in [1.82, 2.24) is 0 Å².